The number of amides is 2. The molecule has 3 fully saturated rings. The Labute approximate surface area is 171 Å². The summed E-state index contributed by atoms with van der Waals surface area (Å²) in [4.78, 5) is 30.3. The predicted octanol–water partition coefficient (Wildman–Crippen LogP) is 2.36. The monoisotopic (exact) mass is 399 g/mol. The number of fused-ring (bicyclic) bond motifs is 1. The van der Waals surface area contributed by atoms with E-state index in [1.165, 1.54) is 0 Å². The lowest BCUT2D eigenvalue weighted by atomic mass is 9.94. The standard InChI is InChI=1S/C22H29N3O4/c1-3-14(2)19-21(27)25(16-5-6-16)22(23-19)8-10-24(11-9-22)20(26)15-4-7-17-18(12-15)29-13-28-17/h4,7,12,14,16,19,23H,3,5-6,8-11,13H2,1-2H3/t14-,19-/m1/s1. The number of likely N-dealkylation sites (tertiary alicyclic amines) is 1. The topological polar surface area (TPSA) is 71.1 Å². The van der Waals surface area contributed by atoms with E-state index in [0.29, 0.717) is 42.1 Å². The summed E-state index contributed by atoms with van der Waals surface area (Å²) in [6.45, 7) is 5.78. The van der Waals surface area contributed by atoms with Gasteiger partial charge in [-0.1, -0.05) is 20.3 Å². The minimum absolute atomic E-state index is 0.0129. The van der Waals surface area contributed by atoms with Crippen LogP contribution >= 0.6 is 0 Å². The van der Waals surface area contributed by atoms with Crippen molar-refractivity contribution in [3.63, 3.8) is 0 Å². The number of ether oxygens (including phenoxy) is 2. The minimum Gasteiger partial charge on any atom is -0.454 e. The van der Waals surface area contributed by atoms with E-state index in [9.17, 15) is 9.59 Å². The summed E-state index contributed by atoms with van der Waals surface area (Å²) in [6, 6.07) is 5.63. The fourth-order valence-corrected chi connectivity index (χ4v) is 4.94. The first-order chi connectivity index (χ1) is 14.0. The van der Waals surface area contributed by atoms with Gasteiger partial charge < -0.3 is 19.3 Å². The van der Waals surface area contributed by atoms with Crippen LogP contribution in [0, 0.1) is 5.92 Å². The summed E-state index contributed by atoms with van der Waals surface area (Å²) in [5.41, 5.74) is 0.329. The van der Waals surface area contributed by atoms with E-state index in [1.54, 1.807) is 18.2 Å². The molecule has 1 N–H and O–H groups in total. The summed E-state index contributed by atoms with van der Waals surface area (Å²) in [6.07, 6.45) is 4.73. The number of carbonyl (C=O) groups excluding carboxylic acids is 2. The summed E-state index contributed by atoms with van der Waals surface area (Å²) in [5.74, 6) is 1.90. The van der Waals surface area contributed by atoms with Crippen molar-refractivity contribution >= 4 is 11.8 Å². The third kappa shape index (κ3) is 3.06. The highest BCUT2D eigenvalue weighted by Crippen LogP contribution is 2.42. The van der Waals surface area contributed by atoms with Gasteiger partial charge in [0.25, 0.3) is 5.91 Å². The Hall–Kier alpha value is -2.28. The fraction of sp³-hybridized carbons (Fsp3) is 0.636. The molecule has 5 rings (SSSR count). The number of hydrogen-bond donors (Lipinski definition) is 1. The van der Waals surface area contributed by atoms with E-state index in [0.717, 1.165) is 32.1 Å². The highest BCUT2D eigenvalue weighted by molar-refractivity contribution is 5.95. The van der Waals surface area contributed by atoms with E-state index in [4.69, 9.17) is 9.47 Å². The van der Waals surface area contributed by atoms with Gasteiger partial charge in [-0.25, -0.2) is 0 Å². The van der Waals surface area contributed by atoms with Crippen LogP contribution in [0.15, 0.2) is 18.2 Å². The molecular weight excluding hydrogens is 370 g/mol. The van der Waals surface area contributed by atoms with Crippen molar-refractivity contribution in [1.29, 1.82) is 0 Å². The SMILES string of the molecule is CC[C@@H](C)[C@H]1NC2(CCN(C(=O)c3ccc4c(c3)OCO4)CC2)N(C2CC2)C1=O. The normalized spacial score (nSPS) is 26.3. The van der Waals surface area contributed by atoms with E-state index in [-0.39, 0.29) is 30.3 Å². The van der Waals surface area contributed by atoms with Crippen LogP contribution in [0.5, 0.6) is 11.5 Å². The Balaban J connectivity index is 1.31. The van der Waals surface area contributed by atoms with Crippen molar-refractivity contribution in [2.24, 2.45) is 5.92 Å². The Morgan fingerprint density at radius 2 is 1.97 bits per heavy atom. The van der Waals surface area contributed by atoms with Gasteiger partial charge >= 0.3 is 0 Å². The number of benzene rings is 1. The summed E-state index contributed by atoms with van der Waals surface area (Å²) >= 11 is 0. The predicted molar refractivity (Wildman–Crippen MR) is 107 cm³/mol. The summed E-state index contributed by atoms with van der Waals surface area (Å²) in [5, 5.41) is 3.71. The van der Waals surface area contributed by atoms with Crippen LogP contribution in [0.25, 0.3) is 0 Å². The summed E-state index contributed by atoms with van der Waals surface area (Å²) < 4.78 is 10.7. The maximum absolute atomic E-state index is 13.2. The molecule has 4 aliphatic rings. The van der Waals surface area contributed by atoms with Crippen LogP contribution in [0.2, 0.25) is 0 Å². The third-order valence-electron chi connectivity index (χ3n) is 7.01. The van der Waals surface area contributed by atoms with E-state index in [1.807, 2.05) is 4.90 Å². The van der Waals surface area contributed by atoms with Gasteiger partial charge in [0.05, 0.1) is 11.7 Å². The minimum atomic E-state index is -0.294. The molecule has 1 aromatic rings. The Bertz CT molecular complexity index is 829. The van der Waals surface area contributed by atoms with Gasteiger partial charge in [0.2, 0.25) is 12.7 Å². The zero-order valence-corrected chi connectivity index (χ0v) is 17.1. The van der Waals surface area contributed by atoms with Crippen LogP contribution in [0.4, 0.5) is 0 Å². The van der Waals surface area contributed by atoms with Crippen LogP contribution < -0.4 is 14.8 Å². The van der Waals surface area contributed by atoms with Crippen molar-refractivity contribution in [3.05, 3.63) is 23.8 Å². The first-order valence-electron chi connectivity index (χ1n) is 10.8. The zero-order chi connectivity index (χ0) is 20.2. The Morgan fingerprint density at radius 3 is 2.66 bits per heavy atom. The van der Waals surface area contributed by atoms with Gasteiger partial charge in [-0.3, -0.25) is 14.9 Å². The average Bonchev–Trinajstić information content (AvgIpc) is 3.38. The molecule has 1 spiro atoms. The molecule has 3 aliphatic heterocycles. The van der Waals surface area contributed by atoms with E-state index in [2.05, 4.69) is 24.1 Å². The molecule has 156 valence electrons. The zero-order valence-electron chi connectivity index (χ0n) is 17.1. The largest absolute Gasteiger partial charge is 0.454 e. The maximum atomic E-state index is 13.2. The molecule has 2 amide bonds. The van der Waals surface area contributed by atoms with Crippen LogP contribution in [0.3, 0.4) is 0 Å². The molecular formula is C22H29N3O4. The molecule has 1 saturated carbocycles. The number of nitrogens with one attached hydrogen (secondary N) is 1. The van der Waals surface area contributed by atoms with Crippen molar-refractivity contribution in [3.8, 4) is 11.5 Å². The van der Waals surface area contributed by atoms with Crippen molar-refractivity contribution < 1.29 is 19.1 Å². The lowest BCUT2D eigenvalue weighted by molar-refractivity contribution is -0.134. The molecule has 0 radical (unpaired) electrons. The second kappa shape index (κ2) is 6.90. The molecule has 2 saturated heterocycles. The number of piperidine rings is 1. The lowest BCUT2D eigenvalue weighted by Gasteiger charge is -2.45. The Kier molecular flexibility index (Phi) is 4.46. The van der Waals surface area contributed by atoms with Crippen LogP contribution in [-0.2, 0) is 4.79 Å². The average molecular weight is 399 g/mol. The maximum Gasteiger partial charge on any atom is 0.253 e. The molecule has 7 heteroatoms. The smallest absolute Gasteiger partial charge is 0.253 e. The molecule has 0 unspecified atom stereocenters. The van der Waals surface area contributed by atoms with Crippen molar-refractivity contribution in [1.82, 2.24) is 15.1 Å². The van der Waals surface area contributed by atoms with E-state index >= 15 is 0 Å². The van der Waals surface area contributed by atoms with Gasteiger partial charge in [0.1, 0.15) is 0 Å². The number of nitrogens with zero attached hydrogens (tertiary/aromatic N) is 2. The Morgan fingerprint density at radius 1 is 1.24 bits per heavy atom. The van der Waals surface area contributed by atoms with Crippen molar-refractivity contribution in [2.75, 3.05) is 19.9 Å². The van der Waals surface area contributed by atoms with Gasteiger partial charge in [0, 0.05) is 37.5 Å². The second-order valence-electron chi connectivity index (χ2n) is 8.84. The number of hydrogen-bond acceptors (Lipinski definition) is 5. The summed E-state index contributed by atoms with van der Waals surface area (Å²) in [7, 11) is 0. The van der Waals surface area contributed by atoms with Gasteiger partial charge in [-0.05, 0) is 37.0 Å². The molecule has 2 atom stereocenters. The molecule has 1 aliphatic carbocycles. The first-order valence-corrected chi connectivity index (χ1v) is 10.8. The van der Waals surface area contributed by atoms with Crippen LogP contribution in [-0.4, -0.2) is 59.2 Å². The highest BCUT2D eigenvalue weighted by atomic mass is 16.7. The molecule has 29 heavy (non-hydrogen) atoms. The number of carbonyl (C=O) groups is 2. The molecule has 0 bridgehead atoms. The third-order valence-corrected chi connectivity index (χ3v) is 7.01. The lowest BCUT2D eigenvalue weighted by Crippen LogP contribution is -2.60. The van der Waals surface area contributed by atoms with Gasteiger partial charge in [0.15, 0.2) is 11.5 Å². The van der Waals surface area contributed by atoms with Gasteiger partial charge in [-0.2, -0.15) is 0 Å². The fourth-order valence-electron chi connectivity index (χ4n) is 4.94. The molecule has 3 heterocycles. The van der Waals surface area contributed by atoms with E-state index < -0.39 is 0 Å². The number of rotatable bonds is 4. The van der Waals surface area contributed by atoms with Crippen molar-refractivity contribution in [2.45, 2.75) is 63.7 Å². The molecule has 1 aromatic carbocycles. The highest BCUT2D eigenvalue weighted by Gasteiger charge is 2.56. The first kappa shape index (κ1) is 18.7. The molecule has 0 aromatic heterocycles. The quantitative estimate of drug-likeness (QED) is 0.842. The second-order valence-corrected chi connectivity index (χ2v) is 8.84. The van der Waals surface area contributed by atoms with Gasteiger partial charge in [-0.15, -0.1) is 0 Å². The molecule has 7 nitrogen and oxygen atoms in total. The van der Waals surface area contributed by atoms with Crippen LogP contribution in [0.1, 0.15) is 56.3 Å².